The third-order valence-electron chi connectivity index (χ3n) is 1.71. The van der Waals surface area contributed by atoms with Crippen LogP contribution in [-0.2, 0) is 14.3 Å². The van der Waals surface area contributed by atoms with E-state index in [9.17, 15) is 9.59 Å². The van der Waals surface area contributed by atoms with Crippen molar-refractivity contribution in [1.29, 1.82) is 0 Å². The molecule has 0 spiro atoms. The van der Waals surface area contributed by atoms with Crippen LogP contribution in [0, 0.1) is 0 Å². The first kappa shape index (κ1) is 10.8. The van der Waals surface area contributed by atoms with Crippen LogP contribution in [-0.4, -0.2) is 42.3 Å². The highest BCUT2D eigenvalue weighted by molar-refractivity contribution is 5.86. The van der Waals surface area contributed by atoms with Crippen LogP contribution in [0.4, 0.5) is 4.79 Å². The largest absolute Gasteiger partial charge is 0.467 e. The van der Waals surface area contributed by atoms with Crippen molar-refractivity contribution in [2.45, 2.75) is 32.4 Å². The van der Waals surface area contributed by atoms with Gasteiger partial charge in [-0.2, -0.15) is 0 Å². The lowest BCUT2D eigenvalue weighted by Gasteiger charge is -2.19. The molecule has 0 saturated carbocycles. The van der Waals surface area contributed by atoms with Gasteiger partial charge in [0.15, 0.2) is 6.04 Å². The maximum absolute atomic E-state index is 11.3. The van der Waals surface area contributed by atoms with Gasteiger partial charge in [-0.1, -0.05) is 0 Å². The van der Waals surface area contributed by atoms with Crippen LogP contribution in [0.1, 0.15) is 20.8 Å². The zero-order valence-electron chi connectivity index (χ0n) is 8.86. The first-order chi connectivity index (χ1) is 6.35. The molecule has 0 aromatic rings. The van der Waals surface area contributed by atoms with E-state index in [1.807, 2.05) is 0 Å². The summed E-state index contributed by atoms with van der Waals surface area (Å²) in [7, 11) is 1.30. The number of carbonyl (C=O) groups excluding carboxylic acids is 2. The van der Waals surface area contributed by atoms with Crippen LogP contribution >= 0.6 is 0 Å². The second-order valence-corrected chi connectivity index (χ2v) is 4.17. The van der Waals surface area contributed by atoms with Gasteiger partial charge in [0, 0.05) is 0 Å². The fourth-order valence-electron chi connectivity index (χ4n) is 0.999. The molecule has 0 N–H and O–H groups in total. The Balaban J connectivity index is 2.40. The summed E-state index contributed by atoms with van der Waals surface area (Å²) in [5.41, 5.74) is -0.527. The summed E-state index contributed by atoms with van der Waals surface area (Å²) >= 11 is 0. The van der Waals surface area contributed by atoms with E-state index in [0.717, 1.165) is 0 Å². The number of ether oxygens (including phenoxy) is 2. The minimum Gasteiger partial charge on any atom is -0.467 e. The van der Waals surface area contributed by atoms with E-state index in [2.05, 4.69) is 4.74 Å². The monoisotopic (exact) mass is 201 g/mol. The maximum atomic E-state index is 11.3. The first-order valence-electron chi connectivity index (χ1n) is 4.42. The first-order valence-corrected chi connectivity index (χ1v) is 4.42. The minimum absolute atomic E-state index is 0.390. The highest BCUT2D eigenvalue weighted by atomic mass is 16.6. The van der Waals surface area contributed by atoms with Gasteiger partial charge in [0.25, 0.3) is 0 Å². The lowest BCUT2D eigenvalue weighted by atomic mass is 10.2. The Bertz CT molecular complexity index is 256. The molecule has 0 aliphatic carbocycles. The van der Waals surface area contributed by atoms with E-state index >= 15 is 0 Å². The van der Waals surface area contributed by atoms with Crippen molar-refractivity contribution in [3.63, 3.8) is 0 Å². The van der Waals surface area contributed by atoms with Crippen molar-refractivity contribution >= 4 is 12.1 Å². The second-order valence-electron chi connectivity index (χ2n) is 4.17. The van der Waals surface area contributed by atoms with Gasteiger partial charge in [0.05, 0.1) is 13.7 Å². The van der Waals surface area contributed by atoms with E-state index in [4.69, 9.17) is 4.74 Å². The Morgan fingerprint density at radius 2 is 1.93 bits per heavy atom. The van der Waals surface area contributed by atoms with Crippen molar-refractivity contribution in [3.8, 4) is 0 Å². The topological polar surface area (TPSA) is 55.6 Å². The molecule has 1 atom stereocenters. The molecule has 1 heterocycles. The Kier molecular flexibility index (Phi) is 2.69. The van der Waals surface area contributed by atoms with Gasteiger partial charge in [0.2, 0.25) is 0 Å². The number of amides is 1. The second kappa shape index (κ2) is 3.48. The molecule has 1 aliphatic rings. The van der Waals surface area contributed by atoms with Crippen LogP contribution in [0.25, 0.3) is 0 Å². The molecule has 0 aromatic carbocycles. The molecule has 1 fully saturated rings. The molecular formula is C9H15NO4. The number of methoxy groups -OCH3 is 1. The van der Waals surface area contributed by atoms with Crippen molar-refractivity contribution < 1.29 is 19.1 Å². The number of carbonyl (C=O) groups is 2. The number of nitrogens with zero attached hydrogens (tertiary/aromatic N) is 1. The van der Waals surface area contributed by atoms with Crippen LogP contribution in [0.5, 0.6) is 0 Å². The Morgan fingerprint density at radius 3 is 2.36 bits per heavy atom. The summed E-state index contributed by atoms with van der Waals surface area (Å²) < 4.78 is 9.56. The standard InChI is InChI=1S/C9H15NO4/c1-9(2,3)14-8(12)10-5-6(10)7(11)13-4/h6H,5H2,1-4H3/t6-,10?/m0/s1. The summed E-state index contributed by atoms with van der Waals surface area (Å²) in [6, 6.07) is -0.449. The molecule has 1 rings (SSSR count). The predicted molar refractivity (Wildman–Crippen MR) is 48.7 cm³/mol. The highest BCUT2D eigenvalue weighted by Crippen LogP contribution is 2.22. The molecule has 0 aromatic heterocycles. The molecule has 0 bridgehead atoms. The molecule has 5 heteroatoms. The number of hydrogen-bond acceptors (Lipinski definition) is 4. The molecule has 0 radical (unpaired) electrons. The third kappa shape index (κ3) is 2.61. The molecular weight excluding hydrogens is 186 g/mol. The van der Waals surface area contributed by atoms with Crippen LogP contribution in [0.2, 0.25) is 0 Å². The number of hydrogen-bond donors (Lipinski definition) is 0. The van der Waals surface area contributed by atoms with Gasteiger partial charge >= 0.3 is 12.1 Å². The van der Waals surface area contributed by atoms with E-state index in [1.165, 1.54) is 12.0 Å². The van der Waals surface area contributed by atoms with Gasteiger partial charge in [-0.25, -0.2) is 9.59 Å². The highest BCUT2D eigenvalue weighted by Gasteiger charge is 2.47. The van der Waals surface area contributed by atoms with E-state index in [1.54, 1.807) is 20.8 Å². The Morgan fingerprint density at radius 1 is 1.36 bits per heavy atom. The smallest absolute Gasteiger partial charge is 0.411 e. The molecule has 1 saturated heterocycles. The van der Waals surface area contributed by atoms with Crippen LogP contribution < -0.4 is 0 Å². The molecule has 0 unspecified atom stereocenters. The van der Waals surface area contributed by atoms with Gasteiger partial charge in [-0.3, -0.25) is 4.90 Å². The van der Waals surface area contributed by atoms with E-state index < -0.39 is 23.7 Å². The summed E-state index contributed by atoms with van der Waals surface area (Å²) in [4.78, 5) is 23.7. The van der Waals surface area contributed by atoms with E-state index in [-0.39, 0.29) is 0 Å². The van der Waals surface area contributed by atoms with Crippen molar-refractivity contribution in [2.24, 2.45) is 0 Å². The summed E-state index contributed by atoms with van der Waals surface area (Å²) in [5, 5.41) is 0. The minimum atomic E-state index is -0.527. The molecule has 1 amide bonds. The number of esters is 1. The van der Waals surface area contributed by atoms with Crippen molar-refractivity contribution in [1.82, 2.24) is 4.90 Å². The Labute approximate surface area is 83.0 Å². The fourth-order valence-corrected chi connectivity index (χ4v) is 0.999. The van der Waals surface area contributed by atoms with Gasteiger partial charge in [0.1, 0.15) is 5.60 Å². The van der Waals surface area contributed by atoms with Crippen LogP contribution in [0.15, 0.2) is 0 Å². The predicted octanol–water partition coefficient (Wildman–Crippen LogP) is 0.779. The zero-order chi connectivity index (χ0) is 10.9. The lowest BCUT2D eigenvalue weighted by molar-refractivity contribution is -0.140. The zero-order valence-corrected chi connectivity index (χ0v) is 8.86. The van der Waals surface area contributed by atoms with Gasteiger partial charge in [-0.15, -0.1) is 0 Å². The summed E-state index contributed by atoms with van der Waals surface area (Å²) in [6.07, 6.45) is -0.465. The summed E-state index contributed by atoms with van der Waals surface area (Å²) in [5.74, 6) is -0.393. The van der Waals surface area contributed by atoms with Crippen LogP contribution in [0.3, 0.4) is 0 Å². The fraction of sp³-hybridized carbons (Fsp3) is 0.778. The van der Waals surface area contributed by atoms with Crippen molar-refractivity contribution in [3.05, 3.63) is 0 Å². The average molecular weight is 201 g/mol. The third-order valence-corrected chi connectivity index (χ3v) is 1.71. The molecule has 80 valence electrons. The number of rotatable bonds is 1. The molecule has 5 nitrogen and oxygen atoms in total. The normalized spacial score (nSPS) is 20.3. The van der Waals surface area contributed by atoms with Crippen molar-refractivity contribution in [2.75, 3.05) is 13.7 Å². The summed E-state index contributed by atoms with van der Waals surface area (Å²) in [6.45, 7) is 5.73. The van der Waals surface area contributed by atoms with E-state index in [0.29, 0.717) is 6.54 Å². The van der Waals surface area contributed by atoms with Gasteiger partial charge < -0.3 is 9.47 Å². The Hall–Kier alpha value is -1.26. The average Bonchev–Trinajstić information content (AvgIpc) is 2.78. The SMILES string of the molecule is COC(=O)[C@@H]1CN1C(=O)OC(C)(C)C. The molecule has 1 aliphatic heterocycles. The maximum Gasteiger partial charge on any atom is 0.411 e. The van der Waals surface area contributed by atoms with Gasteiger partial charge in [-0.05, 0) is 20.8 Å². The quantitative estimate of drug-likeness (QED) is 0.464. The lowest BCUT2D eigenvalue weighted by Crippen LogP contribution is -2.29. The molecule has 14 heavy (non-hydrogen) atoms.